The van der Waals surface area contributed by atoms with Crippen LogP contribution in [-0.4, -0.2) is 43.8 Å². The van der Waals surface area contributed by atoms with Crippen molar-refractivity contribution in [3.05, 3.63) is 58.4 Å². The third-order valence-corrected chi connectivity index (χ3v) is 6.73. The van der Waals surface area contributed by atoms with E-state index >= 15 is 0 Å². The molecule has 5 rings (SSSR count). The lowest BCUT2D eigenvalue weighted by molar-refractivity contribution is 0.138. The van der Waals surface area contributed by atoms with Gasteiger partial charge in [-0.25, -0.2) is 0 Å². The van der Waals surface area contributed by atoms with Crippen molar-refractivity contribution >= 4 is 17.1 Å². The standard InChI is InChI=1S/C27H34N6O3/c1-6-8-17(2)15-33-22-23(29-25(33)32-12-7-9-19(28)16-32)30-26(31(5)24(22)34)35-20-11-10-18-14-27(3,4)36-21(18)13-20/h6,8,10-11,13,19H,1,7,9,12,14-16,28H2,2-5H3/b17-8+/t19-/m1/s1. The van der Waals surface area contributed by atoms with Crippen molar-refractivity contribution in [2.24, 2.45) is 12.8 Å². The minimum absolute atomic E-state index is 0.0681. The van der Waals surface area contributed by atoms with E-state index in [0.717, 1.165) is 42.7 Å². The number of hydrogen-bond donors (Lipinski definition) is 1. The van der Waals surface area contributed by atoms with Gasteiger partial charge in [0.1, 0.15) is 17.1 Å². The highest BCUT2D eigenvalue weighted by atomic mass is 16.5. The molecule has 0 amide bonds. The van der Waals surface area contributed by atoms with Crippen molar-refractivity contribution in [2.75, 3.05) is 18.0 Å². The molecule has 36 heavy (non-hydrogen) atoms. The summed E-state index contributed by atoms with van der Waals surface area (Å²) in [4.78, 5) is 25.2. The average Bonchev–Trinajstić information content (AvgIpc) is 3.32. The Kier molecular flexibility index (Phi) is 6.12. The zero-order valence-corrected chi connectivity index (χ0v) is 21.5. The van der Waals surface area contributed by atoms with Crippen molar-refractivity contribution in [1.82, 2.24) is 19.1 Å². The molecule has 1 aromatic carbocycles. The van der Waals surface area contributed by atoms with Gasteiger partial charge in [0.2, 0.25) is 5.95 Å². The zero-order chi connectivity index (χ0) is 25.6. The van der Waals surface area contributed by atoms with E-state index in [-0.39, 0.29) is 23.2 Å². The van der Waals surface area contributed by atoms with Gasteiger partial charge in [-0.05, 0) is 45.2 Å². The molecule has 190 valence electrons. The van der Waals surface area contributed by atoms with Crippen molar-refractivity contribution in [3.63, 3.8) is 0 Å². The summed E-state index contributed by atoms with van der Waals surface area (Å²) in [6.45, 7) is 11.9. The van der Waals surface area contributed by atoms with Crippen molar-refractivity contribution in [1.29, 1.82) is 0 Å². The number of allylic oxidation sites excluding steroid dienone is 3. The number of piperidine rings is 1. The first-order valence-corrected chi connectivity index (χ1v) is 12.4. The second-order valence-electron chi connectivity index (χ2n) is 10.4. The van der Waals surface area contributed by atoms with Gasteiger partial charge in [0.05, 0.1) is 0 Å². The molecular weight excluding hydrogens is 456 g/mol. The third kappa shape index (κ3) is 4.51. The van der Waals surface area contributed by atoms with Crippen LogP contribution in [0.1, 0.15) is 39.2 Å². The predicted octanol–water partition coefficient (Wildman–Crippen LogP) is 3.70. The number of aromatic nitrogens is 4. The van der Waals surface area contributed by atoms with Crippen LogP contribution in [-0.2, 0) is 20.0 Å². The molecule has 9 nitrogen and oxygen atoms in total. The topological polar surface area (TPSA) is 100 Å². The van der Waals surface area contributed by atoms with E-state index in [1.807, 2.05) is 35.8 Å². The van der Waals surface area contributed by atoms with Crippen LogP contribution in [0.15, 0.2) is 47.3 Å². The van der Waals surface area contributed by atoms with Gasteiger partial charge < -0.3 is 20.1 Å². The van der Waals surface area contributed by atoms with Crippen LogP contribution in [0.2, 0.25) is 0 Å². The number of fused-ring (bicyclic) bond motifs is 2. The molecule has 2 aliphatic rings. The van der Waals surface area contributed by atoms with Gasteiger partial charge in [0.15, 0.2) is 11.2 Å². The monoisotopic (exact) mass is 490 g/mol. The van der Waals surface area contributed by atoms with E-state index in [1.165, 1.54) is 4.57 Å². The van der Waals surface area contributed by atoms with Crippen LogP contribution >= 0.6 is 0 Å². The highest BCUT2D eigenvalue weighted by molar-refractivity contribution is 5.75. The van der Waals surface area contributed by atoms with Crippen LogP contribution in [0.5, 0.6) is 17.5 Å². The van der Waals surface area contributed by atoms with Crippen molar-refractivity contribution in [3.8, 4) is 17.5 Å². The number of anilines is 1. The SMILES string of the molecule is C=C/C=C(\C)Cn1c(N2CCC[C@@H](N)C2)nc2nc(Oc3ccc4c(c3)OC(C)(C)C4)n(C)c(=O)c21. The van der Waals surface area contributed by atoms with Crippen molar-refractivity contribution < 1.29 is 9.47 Å². The summed E-state index contributed by atoms with van der Waals surface area (Å²) in [5.41, 5.74) is 8.77. The van der Waals surface area contributed by atoms with E-state index < -0.39 is 0 Å². The second-order valence-corrected chi connectivity index (χ2v) is 10.4. The molecule has 2 N–H and O–H groups in total. The van der Waals surface area contributed by atoms with Crippen molar-refractivity contribution in [2.45, 2.75) is 58.2 Å². The van der Waals surface area contributed by atoms with Crippen LogP contribution in [0, 0.1) is 0 Å². The quantitative estimate of drug-likeness (QED) is 0.526. The summed E-state index contributed by atoms with van der Waals surface area (Å²) >= 11 is 0. The Morgan fingerprint density at radius 1 is 1.36 bits per heavy atom. The van der Waals surface area contributed by atoms with Crippen LogP contribution < -0.4 is 25.7 Å². The molecule has 0 radical (unpaired) electrons. The summed E-state index contributed by atoms with van der Waals surface area (Å²) in [5.74, 6) is 2.05. The number of nitrogens with zero attached hydrogens (tertiary/aromatic N) is 5. The third-order valence-electron chi connectivity index (χ3n) is 6.73. The molecule has 1 saturated heterocycles. The van der Waals surface area contributed by atoms with Crippen LogP contribution in [0.25, 0.3) is 11.2 Å². The predicted molar refractivity (Wildman–Crippen MR) is 141 cm³/mol. The van der Waals surface area contributed by atoms with E-state index in [4.69, 9.17) is 20.2 Å². The lowest BCUT2D eigenvalue weighted by Crippen LogP contribution is -2.44. The molecule has 2 aromatic heterocycles. The zero-order valence-electron chi connectivity index (χ0n) is 21.5. The molecule has 1 atom stereocenters. The molecule has 0 unspecified atom stereocenters. The van der Waals surface area contributed by atoms with Gasteiger partial charge in [0.25, 0.3) is 5.56 Å². The molecule has 0 aliphatic carbocycles. The first-order chi connectivity index (χ1) is 17.1. The fourth-order valence-corrected chi connectivity index (χ4v) is 5.04. The fraction of sp³-hybridized carbons (Fsp3) is 0.444. The smallest absolute Gasteiger partial charge is 0.306 e. The number of hydrogen-bond acceptors (Lipinski definition) is 7. The highest BCUT2D eigenvalue weighted by Gasteiger charge is 2.30. The Labute approximate surface area is 210 Å². The number of rotatable bonds is 6. The first kappa shape index (κ1) is 24.1. The number of nitrogens with two attached hydrogens (primary N) is 1. The van der Waals surface area contributed by atoms with Gasteiger partial charge in [-0.15, -0.1) is 0 Å². The van der Waals surface area contributed by atoms with Gasteiger partial charge in [-0.1, -0.05) is 30.4 Å². The van der Waals surface area contributed by atoms with E-state index in [2.05, 4.69) is 30.3 Å². The summed E-state index contributed by atoms with van der Waals surface area (Å²) < 4.78 is 15.5. The van der Waals surface area contributed by atoms with Crippen LogP contribution in [0.4, 0.5) is 5.95 Å². The molecular formula is C27H34N6O3. The summed E-state index contributed by atoms with van der Waals surface area (Å²) in [6.07, 6.45) is 6.47. The Balaban J connectivity index is 1.57. The van der Waals surface area contributed by atoms with Gasteiger partial charge >= 0.3 is 6.01 Å². The maximum Gasteiger partial charge on any atom is 0.306 e. The van der Waals surface area contributed by atoms with E-state index in [1.54, 1.807) is 13.1 Å². The Morgan fingerprint density at radius 3 is 2.92 bits per heavy atom. The lowest BCUT2D eigenvalue weighted by atomic mass is 10.0. The molecule has 0 bridgehead atoms. The largest absolute Gasteiger partial charge is 0.487 e. The summed E-state index contributed by atoms with van der Waals surface area (Å²) in [5, 5.41) is 0. The molecule has 2 aliphatic heterocycles. The Bertz CT molecular complexity index is 1420. The Morgan fingerprint density at radius 2 is 2.17 bits per heavy atom. The van der Waals surface area contributed by atoms with Gasteiger partial charge in [-0.2, -0.15) is 9.97 Å². The Hall–Kier alpha value is -3.59. The second kappa shape index (κ2) is 9.13. The fourth-order valence-electron chi connectivity index (χ4n) is 5.04. The summed E-state index contributed by atoms with van der Waals surface area (Å²) in [7, 11) is 1.66. The minimum Gasteiger partial charge on any atom is -0.487 e. The number of benzene rings is 1. The molecule has 0 spiro atoms. The minimum atomic E-state index is -0.247. The molecule has 9 heteroatoms. The van der Waals surface area contributed by atoms with E-state index in [9.17, 15) is 4.79 Å². The first-order valence-electron chi connectivity index (χ1n) is 12.4. The maximum atomic E-state index is 13.6. The average molecular weight is 491 g/mol. The van der Waals surface area contributed by atoms with Gasteiger partial charge in [-0.3, -0.25) is 13.9 Å². The maximum absolute atomic E-state index is 13.6. The van der Waals surface area contributed by atoms with Crippen LogP contribution in [0.3, 0.4) is 0 Å². The lowest BCUT2D eigenvalue weighted by Gasteiger charge is -2.31. The van der Waals surface area contributed by atoms with Gasteiger partial charge in [0, 0.05) is 45.2 Å². The number of ether oxygens (including phenoxy) is 2. The summed E-state index contributed by atoms with van der Waals surface area (Å²) in [6, 6.07) is 5.97. The molecule has 3 aromatic rings. The highest BCUT2D eigenvalue weighted by Crippen LogP contribution is 2.38. The number of imidazole rings is 1. The molecule has 1 fully saturated rings. The molecule has 0 saturated carbocycles. The molecule has 4 heterocycles. The normalized spacial score (nSPS) is 19.3. The van der Waals surface area contributed by atoms with E-state index in [0.29, 0.717) is 36.0 Å².